The van der Waals surface area contributed by atoms with Crippen LogP contribution in [-0.2, 0) is 23.0 Å². The molecule has 1 atom stereocenters. The van der Waals surface area contributed by atoms with Gasteiger partial charge in [-0.25, -0.2) is 0 Å². The number of benzene rings is 2. The Bertz CT molecular complexity index is 931. The highest BCUT2D eigenvalue weighted by molar-refractivity contribution is 5.91. The molecule has 1 aliphatic rings. The Morgan fingerprint density at radius 3 is 2.93 bits per heavy atom. The molecule has 1 N–H and O–H groups in total. The lowest BCUT2D eigenvalue weighted by Crippen LogP contribution is -2.46. The van der Waals surface area contributed by atoms with Crippen molar-refractivity contribution in [2.45, 2.75) is 12.5 Å². The maximum atomic E-state index is 12.3. The fraction of sp³-hybridized carbons (Fsp3) is 0.333. The van der Waals surface area contributed by atoms with Crippen molar-refractivity contribution >= 4 is 22.5 Å². The summed E-state index contributed by atoms with van der Waals surface area (Å²) in [5.74, 6) is 0.544. The van der Waals surface area contributed by atoms with E-state index in [4.69, 9.17) is 4.74 Å². The van der Waals surface area contributed by atoms with E-state index >= 15 is 0 Å². The molecule has 1 fully saturated rings. The fourth-order valence-electron chi connectivity index (χ4n) is 3.63. The van der Waals surface area contributed by atoms with Crippen LogP contribution < -0.4 is 5.32 Å². The van der Waals surface area contributed by atoms with Crippen molar-refractivity contribution in [1.29, 1.82) is 0 Å². The average Bonchev–Trinajstić information content (AvgIpc) is 3.07. The largest absolute Gasteiger partial charge is 0.375 e. The number of morpholine rings is 1. The van der Waals surface area contributed by atoms with Crippen LogP contribution in [-0.4, -0.2) is 52.9 Å². The molecule has 1 saturated heterocycles. The molecule has 1 aromatic heterocycles. The van der Waals surface area contributed by atoms with Gasteiger partial charge >= 0.3 is 0 Å². The van der Waals surface area contributed by atoms with Gasteiger partial charge in [-0.2, -0.15) is 5.10 Å². The molecule has 0 bridgehead atoms. The molecular weight excluding hydrogens is 340 g/mol. The van der Waals surface area contributed by atoms with E-state index in [1.54, 1.807) is 10.7 Å². The Labute approximate surface area is 158 Å². The van der Waals surface area contributed by atoms with Crippen molar-refractivity contribution < 1.29 is 9.53 Å². The molecule has 0 spiro atoms. The van der Waals surface area contributed by atoms with Crippen molar-refractivity contribution in [1.82, 2.24) is 14.7 Å². The van der Waals surface area contributed by atoms with Crippen LogP contribution in [0, 0.1) is 0 Å². The summed E-state index contributed by atoms with van der Waals surface area (Å²) in [5, 5.41) is 9.55. The molecule has 1 aliphatic heterocycles. The highest BCUT2D eigenvalue weighted by Gasteiger charge is 2.23. The second-order valence-electron chi connectivity index (χ2n) is 6.99. The van der Waals surface area contributed by atoms with E-state index < -0.39 is 0 Å². The first kappa shape index (κ1) is 17.7. The van der Waals surface area contributed by atoms with Crippen LogP contribution in [0.5, 0.6) is 0 Å². The molecule has 27 heavy (non-hydrogen) atoms. The lowest BCUT2D eigenvalue weighted by molar-refractivity contribution is -0.119. The number of rotatable bonds is 5. The summed E-state index contributed by atoms with van der Waals surface area (Å²) in [6.07, 6.45) is 2.75. The number of carbonyl (C=O) groups excluding carboxylic acids is 1. The van der Waals surface area contributed by atoms with Crippen LogP contribution >= 0.6 is 0 Å². The predicted octanol–water partition coefficient (Wildman–Crippen LogP) is 2.46. The summed E-state index contributed by atoms with van der Waals surface area (Å²) in [4.78, 5) is 14.4. The molecule has 2 heterocycles. The fourth-order valence-corrected chi connectivity index (χ4v) is 3.63. The third-order valence-corrected chi connectivity index (χ3v) is 4.90. The van der Waals surface area contributed by atoms with Crippen LogP contribution in [0.4, 0.5) is 5.82 Å². The Kier molecular flexibility index (Phi) is 5.18. The lowest BCUT2D eigenvalue weighted by atomic mass is 9.99. The van der Waals surface area contributed by atoms with Crippen molar-refractivity contribution in [3.05, 3.63) is 60.3 Å². The molecule has 1 amide bonds. The highest BCUT2D eigenvalue weighted by atomic mass is 16.5. The third kappa shape index (κ3) is 4.35. The number of anilines is 1. The van der Waals surface area contributed by atoms with Crippen molar-refractivity contribution in [2.75, 3.05) is 31.6 Å². The second kappa shape index (κ2) is 7.90. The number of nitrogens with zero attached hydrogens (tertiary/aromatic N) is 3. The van der Waals surface area contributed by atoms with Crippen molar-refractivity contribution in [3.8, 4) is 0 Å². The van der Waals surface area contributed by atoms with Crippen molar-refractivity contribution in [3.63, 3.8) is 0 Å². The molecule has 6 nitrogen and oxygen atoms in total. The SMILES string of the molecule is Cn1ccc(NC(=O)CN2CCO[C@@H](Cc3cccc4ccccc34)C2)n1. The minimum absolute atomic E-state index is 0.0421. The number of hydrogen-bond donors (Lipinski definition) is 1. The van der Waals surface area contributed by atoms with Gasteiger partial charge in [0, 0.05) is 38.8 Å². The van der Waals surface area contributed by atoms with Crippen LogP contribution in [0.15, 0.2) is 54.7 Å². The van der Waals surface area contributed by atoms with Gasteiger partial charge in [0.2, 0.25) is 5.91 Å². The summed E-state index contributed by atoms with van der Waals surface area (Å²) in [5.41, 5.74) is 1.29. The van der Waals surface area contributed by atoms with Crippen molar-refractivity contribution in [2.24, 2.45) is 7.05 Å². The van der Waals surface area contributed by atoms with Gasteiger partial charge in [0.05, 0.1) is 19.3 Å². The van der Waals surface area contributed by atoms with Gasteiger partial charge in [-0.3, -0.25) is 14.4 Å². The van der Waals surface area contributed by atoms with Gasteiger partial charge < -0.3 is 10.1 Å². The minimum Gasteiger partial charge on any atom is -0.375 e. The molecule has 0 radical (unpaired) electrons. The number of aryl methyl sites for hydroxylation is 1. The second-order valence-corrected chi connectivity index (χ2v) is 6.99. The first-order valence-electron chi connectivity index (χ1n) is 9.27. The number of fused-ring (bicyclic) bond motifs is 1. The van der Waals surface area contributed by atoms with E-state index in [0.29, 0.717) is 19.0 Å². The van der Waals surface area contributed by atoms with Gasteiger partial charge in [-0.05, 0) is 16.3 Å². The predicted molar refractivity (Wildman–Crippen MR) is 106 cm³/mol. The molecule has 2 aromatic carbocycles. The summed E-state index contributed by atoms with van der Waals surface area (Å²) in [6, 6.07) is 16.6. The molecule has 0 saturated carbocycles. The molecule has 6 heteroatoms. The van der Waals surface area contributed by atoms with Gasteiger partial charge in [-0.1, -0.05) is 42.5 Å². The van der Waals surface area contributed by atoms with Crippen LogP contribution in [0.1, 0.15) is 5.56 Å². The molecule has 140 valence electrons. The monoisotopic (exact) mass is 364 g/mol. The van der Waals surface area contributed by atoms with E-state index in [2.05, 4.69) is 57.8 Å². The van der Waals surface area contributed by atoms with Gasteiger partial charge in [0.15, 0.2) is 5.82 Å². The number of hydrogen-bond acceptors (Lipinski definition) is 4. The Balaban J connectivity index is 1.37. The molecule has 4 rings (SSSR count). The zero-order chi connectivity index (χ0) is 18.6. The van der Waals surface area contributed by atoms with Crippen LogP contribution in [0.3, 0.4) is 0 Å². The van der Waals surface area contributed by atoms with Gasteiger partial charge in [0.1, 0.15) is 0 Å². The molecular formula is C21H24N4O2. The minimum atomic E-state index is -0.0421. The van der Waals surface area contributed by atoms with E-state index in [1.807, 2.05) is 13.2 Å². The first-order chi connectivity index (χ1) is 13.2. The molecule has 0 aliphatic carbocycles. The summed E-state index contributed by atoms with van der Waals surface area (Å²) in [6.45, 7) is 2.51. The highest BCUT2D eigenvalue weighted by Crippen LogP contribution is 2.21. The Morgan fingerprint density at radius 1 is 1.22 bits per heavy atom. The zero-order valence-electron chi connectivity index (χ0n) is 15.5. The third-order valence-electron chi connectivity index (χ3n) is 4.90. The quantitative estimate of drug-likeness (QED) is 0.756. The Hall–Kier alpha value is -2.70. The maximum Gasteiger partial charge on any atom is 0.239 e. The van der Waals surface area contributed by atoms with Crippen LogP contribution in [0.2, 0.25) is 0 Å². The van der Waals surface area contributed by atoms with Gasteiger partial charge in [-0.15, -0.1) is 0 Å². The average molecular weight is 364 g/mol. The number of carbonyl (C=O) groups is 1. The zero-order valence-corrected chi connectivity index (χ0v) is 15.5. The Morgan fingerprint density at radius 2 is 2.07 bits per heavy atom. The summed E-state index contributed by atoms with van der Waals surface area (Å²) in [7, 11) is 1.83. The lowest BCUT2D eigenvalue weighted by Gasteiger charge is -2.32. The smallest absolute Gasteiger partial charge is 0.239 e. The maximum absolute atomic E-state index is 12.3. The van der Waals surface area contributed by atoms with E-state index in [1.165, 1.54) is 16.3 Å². The normalized spacial score (nSPS) is 17.9. The van der Waals surface area contributed by atoms with E-state index in [0.717, 1.165) is 19.5 Å². The van der Waals surface area contributed by atoms with Gasteiger partial charge in [0.25, 0.3) is 0 Å². The number of ether oxygens (including phenoxy) is 1. The molecule has 3 aromatic rings. The number of amides is 1. The molecule has 0 unspecified atom stereocenters. The number of aromatic nitrogens is 2. The first-order valence-corrected chi connectivity index (χ1v) is 9.27. The number of nitrogens with one attached hydrogen (secondary N) is 1. The van der Waals surface area contributed by atoms with E-state index in [9.17, 15) is 4.79 Å². The standard InChI is InChI=1S/C21H24N4O2/c1-24-10-9-20(23-24)22-21(26)15-25-11-12-27-18(14-25)13-17-7-4-6-16-5-2-3-8-19(16)17/h2-10,18H,11-15H2,1H3,(H,22,23,26)/t18-/m0/s1. The van der Waals surface area contributed by atoms with Crippen LogP contribution in [0.25, 0.3) is 10.8 Å². The summed E-state index contributed by atoms with van der Waals surface area (Å²) < 4.78 is 7.65. The van der Waals surface area contributed by atoms with E-state index in [-0.39, 0.29) is 12.0 Å². The summed E-state index contributed by atoms with van der Waals surface area (Å²) >= 11 is 0. The topological polar surface area (TPSA) is 59.4 Å².